The van der Waals surface area contributed by atoms with Crippen molar-refractivity contribution in [3.63, 3.8) is 0 Å². The Morgan fingerprint density at radius 2 is 2.09 bits per heavy atom. The van der Waals surface area contributed by atoms with Crippen LogP contribution in [0.4, 0.5) is 0 Å². The lowest BCUT2D eigenvalue weighted by Gasteiger charge is -2.01. The van der Waals surface area contributed by atoms with Crippen LogP contribution in [-0.4, -0.2) is 30.0 Å². The first-order valence-corrected chi connectivity index (χ1v) is 7.52. The molecule has 0 saturated heterocycles. The van der Waals surface area contributed by atoms with Gasteiger partial charge in [-0.1, -0.05) is 29.5 Å². The molecule has 0 spiro atoms. The van der Waals surface area contributed by atoms with Gasteiger partial charge in [-0.15, -0.1) is 10.2 Å². The minimum absolute atomic E-state index is 0.400. The van der Waals surface area contributed by atoms with Crippen LogP contribution in [0.15, 0.2) is 36.4 Å². The molecule has 22 heavy (non-hydrogen) atoms. The largest absolute Gasteiger partial charge is 0.486 e. The van der Waals surface area contributed by atoms with Gasteiger partial charge < -0.3 is 4.74 Å². The summed E-state index contributed by atoms with van der Waals surface area (Å²) in [5.74, 6) is 1.44. The minimum Gasteiger partial charge on any atom is -0.486 e. The van der Waals surface area contributed by atoms with Gasteiger partial charge in [-0.2, -0.15) is 14.7 Å². The molecule has 0 aliphatic rings. The van der Waals surface area contributed by atoms with Gasteiger partial charge in [-0.25, -0.2) is 0 Å². The first-order valence-electron chi connectivity index (χ1n) is 6.71. The Hall–Kier alpha value is -2.74. The van der Waals surface area contributed by atoms with Crippen molar-refractivity contribution in [2.45, 2.75) is 13.5 Å². The summed E-state index contributed by atoms with van der Waals surface area (Å²) in [5.41, 5.74) is 1.69. The molecule has 0 bridgehead atoms. The third-order valence-corrected chi connectivity index (χ3v) is 3.95. The fourth-order valence-corrected chi connectivity index (χ4v) is 2.82. The second-order valence-electron chi connectivity index (χ2n) is 4.75. The van der Waals surface area contributed by atoms with Gasteiger partial charge in [0.25, 0.3) is 0 Å². The van der Waals surface area contributed by atoms with Gasteiger partial charge in [0.05, 0.1) is 0 Å². The molecule has 110 valence electrons. The number of fused-ring (bicyclic) bond motifs is 1. The van der Waals surface area contributed by atoms with Gasteiger partial charge in [0.1, 0.15) is 18.1 Å². The maximum absolute atomic E-state index is 5.71. The molecular weight excluding hydrogens is 300 g/mol. The average molecular weight is 312 g/mol. The molecule has 3 heterocycles. The molecule has 0 unspecified atom stereocenters. The summed E-state index contributed by atoms with van der Waals surface area (Å²) in [7, 11) is 0. The summed E-state index contributed by atoms with van der Waals surface area (Å²) in [4.78, 5) is 0.724. The summed E-state index contributed by atoms with van der Waals surface area (Å²) in [5, 5.41) is 20.7. The summed E-state index contributed by atoms with van der Waals surface area (Å²) in [6, 6.07) is 11.6. The van der Waals surface area contributed by atoms with E-state index in [4.69, 9.17) is 4.74 Å². The molecule has 0 saturated carbocycles. The third kappa shape index (κ3) is 2.33. The zero-order chi connectivity index (χ0) is 14.9. The average Bonchev–Trinajstić information content (AvgIpc) is 3.21. The van der Waals surface area contributed by atoms with E-state index in [1.54, 1.807) is 4.52 Å². The number of hydrogen-bond donors (Lipinski definition) is 1. The van der Waals surface area contributed by atoms with Crippen molar-refractivity contribution in [3.8, 4) is 17.3 Å². The van der Waals surface area contributed by atoms with E-state index in [0.29, 0.717) is 12.4 Å². The summed E-state index contributed by atoms with van der Waals surface area (Å²) in [6.45, 7) is 2.34. The molecule has 0 fully saturated rings. The van der Waals surface area contributed by atoms with Gasteiger partial charge in [0.2, 0.25) is 10.8 Å². The first-order chi connectivity index (χ1) is 10.8. The highest BCUT2D eigenvalue weighted by Crippen LogP contribution is 2.21. The van der Waals surface area contributed by atoms with Crippen LogP contribution in [-0.2, 0) is 6.61 Å². The highest BCUT2D eigenvalue weighted by Gasteiger charge is 2.15. The smallest absolute Gasteiger partial charge is 0.235 e. The van der Waals surface area contributed by atoms with Crippen LogP contribution in [0.2, 0.25) is 0 Å². The van der Waals surface area contributed by atoms with Crippen LogP contribution in [0.1, 0.15) is 10.7 Å². The second kappa shape index (κ2) is 5.23. The summed E-state index contributed by atoms with van der Waals surface area (Å²) >= 11 is 1.45. The van der Waals surface area contributed by atoms with Crippen LogP contribution < -0.4 is 4.74 Å². The van der Waals surface area contributed by atoms with Gasteiger partial charge in [-0.05, 0) is 25.1 Å². The van der Waals surface area contributed by atoms with E-state index in [9.17, 15) is 0 Å². The predicted octanol–water partition coefficient (Wildman–Crippen LogP) is 2.46. The molecule has 4 aromatic rings. The van der Waals surface area contributed by atoms with Gasteiger partial charge in [-0.3, -0.25) is 5.10 Å². The fraction of sp³-hybridized carbons (Fsp3) is 0.143. The quantitative estimate of drug-likeness (QED) is 0.626. The lowest BCUT2D eigenvalue weighted by Crippen LogP contribution is -1.97. The second-order valence-corrected chi connectivity index (χ2v) is 5.79. The Kier molecular flexibility index (Phi) is 3.08. The number of aryl methyl sites for hydroxylation is 1. The Balaban J connectivity index is 1.60. The number of para-hydroxylation sites is 1. The molecule has 0 radical (unpaired) electrons. The molecular formula is C14H12N6OS. The molecule has 8 heteroatoms. The monoisotopic (exact) mass is 312 g/mol. The van der Waals surface area contributed by atoms with Crippen LogP contribution >= 0.6 is 11.3 Å². The molecule has 0 aliphatic heterocycles. The standard InChI is InChI=1S/C14H12N6OS/c1-9-7-11(16-15-9)13-17-18-14-20(13)19-12(22-14)8-21-10-5-3-2-4-6-10/h2-7H,8H2,1H3,(H,15,16). The van der Waals surface area contributed by atoms with Crippen molar-refractivity contribution in [1.82, 2.24) is 30.0 Å². The summed E-state index contributed by atoms with van der Waals surface area (Å²) in [6.07, 6.45) is 0. The maximum Gasteiger partial charge on any atom is 0.235 e. The Bertz CT molecular complexity index is 910. The zero-order valence-electron chi connectivity index (χ0n) is 11.7. The molecule has 1 N–H and O–H groups in total. The van der Waals surface area contributed by atoms with E-state index in [2.05, 4.69) is 25.5 Å². The highest BCUT2D eigenvalue weighted by molar-refractivity contribution is 7.16. The van der Waals surface area contributed by atoms with E-state index < -0.39 is 0 Å². The van der Waals surface area contributed by atoms with Gasteiger partial charge in [0.15, 0.2) is 5.01 Å². The van der Waals surface area contributed by atoms with Crippen LogP contribution in [0, 0.1) is 6.92 Å². The third-order valence-electron chi connectivity index (χ3n) is 3.07. The van der Waals surface area contributed by atoms with E-state index in [1.165, 1.54) is 11.3 Å². The number of ether oxygens (including phenoxy) is 1. The number of nitrogens with zero attached hydrogens (tertiary/aromatic N) is 5. The van der Waals surface area contributed by atoms with Crippen LogP contribution in [0.3, 0.4) is 0 Å². The zero-order valence-corrected chi connectivity index (χ0v) is 12.5. The number of aromatic nitrogens is 6. The molecule has 1 aromatic carbocycles. The van der Waals surface area contributed by atoms with E-state index >= 15 is 0 Å². The van der Waals surface area contributed by atoms with E-state index in [1.807, 2.05) is 43.3 Å². The molecule has 0 aliphatic carbocycles. The Labute approximate surface area is 129 Å². The maximum atomic E-state index is 5.71. The molecule has 3 aromatic heterocycles. The Morgan fingerprint density at radius 3 is 2.86 bits per heavy atom. The van der Waals surface area contributed by atoms with Crippen molar-refractivity contribution in [3.05, 3.63) is 47.1 Å². The number of rotatable bonds is 4. The molecule has 7 nitrogen and oxygen atoms in total. The predicted molar refractivity (Wildman–Crippen MR) is 81.8 cm³/mol. The number of benzene rings is 1. The van der Waals surface area contributed by atoms with E-state index in [-0.39, 0.29) is 0 Å². The molecule has 0 amide bonds. The van der Waals surface area contributed by atoms with Crippen molar-refractivity contribution < 1.29 is 4.74 Å². The van der Waals surface area contributed by atoms with Crippen molar-refractivity contribution in [2.24, 2.45) is 0 Å². The number of nitrogens with one attached hydrogen (secondary N) is 1. The number of hydrogen-bond acceptors (Lipinski definition) is 6. The SMILES string of the molecule is Cc1cc(-c2nnc3sc(COc4ccccc4)nn23)n[nH]1. The number of H-pyrrole nitrogens is 1. The van der Waals surface area contributed by atoms with Gasteiger partial charge >= 0.3 is 0 Å². The van der Waals surface area contributed by atoms with Crippen molar-refractivity contribution in [1.29, 1.82) is 0 Å². The summed E-state index contributed by atoms with van der Waals surface area (Å²) < 4.78 is 7.40. The topological polar surface area (TPSA) is 81.0 Å². The van der Waals surface area contributed by atoms with E-state index in [0.717, 1.165) is 27.1 Å². The molecule has 4 rings (SSSR count). The number of aromatic amines is 1. The Morgan fingerprint density at radius 1 is 1.23 bits per heavy atom. The van der Waals surface area contributed by atoms with Gasteiger partial charge in [0, 0.05) is 5.69 Å². The minimum atomic E-state index is 0.400. The van der Waals surface area contributed by atoms with Crippen molar-refractivity contribution in [2.75, 3.05) is 0 Å². The molecule has 0 atom stereocenters. The van der Waals surface area contributed by atoms with Crippen LogP contribution in [0.5, 0.6) is 5.75 Å². The van der Waals surface area contributed by atoms with Crippen LogP contribution in [0.25, 0.3) is 16.5 Å². The lowest BCUT2D eigenvalue weighted by atomic mass is 10.3. The first kappa shape index (κ1) is 13.0. The highest BCUT2D eigenvalue weighted by atomic mass is 32.1. The van der Waals surface area contributed by atoms with Crippen molar-refractivity contribution >= 4 is 16.3 Å². The normalized spacial score (nSPS) is 11.1. The lowest BCUT2D eigenvalue weighted by molar-refractivity contribution is 0.304. The fourth-order valence-electron chi connectivity index (χ4n) is 2.07.